The van der Waals surface area contributed by atoms with E-state index in [-0.39, 0.29) is 0 Å². The quantitative estimate of drug-likeness (QED) is 0.663. The molecule has 15 heavy (non-hydrogen) atoms. The van der Waals surface area contributed by atoms with Gasteiger partial charge in [0.15, 0.2) is 0 Å². The summed E-state index contributed by atoms with van der Waals surface area (Å²) < 4.78 is 0. The molecule has 0 saturated heterocycles. The maximum atomic E-state index is 3.36. The lowest BCUT2D eigenvalue weighted by Crippen LogP contribution is -2.19. The lowest BCUT2D eigenvalue weighted by molar-refractivity contribution is 0.656. The standard InChI is InChI=1S/C13H20N2/c1-14-10-6-12-15-11-5-9-13-7-3-2-4-8-13/h2-5,7-9,14-15H,6,10-12H2,1H3/b9-5+. The van der Waals surface area contributed by atoms with Gasteiger partial charge < -0.3 is 10.6 Å². The van der Waals surface area contributed by atoms with E-state index in [1.165, 1.54) is 12.0 Å². The summed E-state index contributed by atoms with van der Waals surface area (Å²) in [5.41, 5.74) is 1.26. The van der Waals surface area contributed by atoms with Gasteiger partial charge in [-0.2, -0.15) is 0 Å². The fraction of sp³-hybridized carbons (Fsp3) is 0.385. The second-order valence-corrected chi connectivity index (χ2v) is 3.47. The predicted octanol–water partition coefficient (Wildman–Crippen LogP) is 1.90. The molecule has 1 aromatic carbocycles. The van der Waals surface area contributed by atoms with Crippen molar-refractivity contribution in [2.24, 2.45) is 0 Å². The first-order valence-corrected chi connectivity index (χ1v) is 5.50. The van der Waals surface area contributed by atoms with Crippen LogP contribution in [0.5, 0.6) is 0 Å². The predicted molar refractivity (Wildman–Crippen MR) is 66.9 cm³/mol. The van der Waals surface area contributed by atoms with Crippen LogP contribution in [-0.4, -0.2) is 26.7 Å². The van der Waals surface area contributed by atoms with Gasteiger partial charge in [-0.25, -0.2) is 0 Å². The molecule has 0 bridgehead atoms. The number of hydrogen-bond donors (Lipinski definition) is 2. The Morgan fingerprint density at radius 2 is 1.93 bits per heavy atom. The Morgan fingerprint density at radius 3 is 2.67 bits per heavy atom. The Bertz CT molecular complexity index is 267. The fourth-order valence-electron chi connectivity index (χ4n) is 1.33. The third-order valence-electron chi connectivity index (χ3n) is 2.15. The van der Waals surface area contributed by atoms with E-state index in [9.17, 15) is 0 Å². The maximum Gasteiger partial charge on any atom is 0.0138 e. The summed E-state index contributed by atoms with van der Waals surface area (Å²) in [6, 6.07) is 10.4. The molecule has 82 valence electrons. The fourth-order valence-corrected chi connectivity index (χ4v) is 1.33. The maximum absolute atomic E-state index is 3.36. The lowest BCUT2D eigenvalue weighted by atomic mass is 10.2. The van der Waals surface area contributed by atoms with Crippen molar-refractivity contribution in [3.8, 4) is 0 Å². The molecule has 1 rings (SSSR count). The molecule has 0 unspecified atom stereocenters. The van der Waals surface area contributed by atoms with Crippen LogP contribution >= 0.6 is 0 Å². The van der Waals surface area contributed by atoms with Crippen molar-refractivity contribution in [3.05, 3.63) is 42.0 Å². The molecule has 2 heteroatoms. The molecule has 0 atom stereocenters. The molecule has 0 aliphatic heterocycles. The average molecular weight is 204 g/mol. The van der Waals surface area contributed by atoms with E-state index in [1.54, 1.807) is 0 Å². The van der Waals surface area contributed by atoms with Gasteiger partial charge in [-0.05, 0) is 32.1 Å². The second-order valence-electron chi connectivity index (χ2n) is 3.47. The monoisotopic (exact) mass is 204 g/mol. The smallest absolute Gasteiger partial charge is 0.0138 e. The number of rotatable bonds is 7. The minimum Gasteiger partial charge on any atom is -0.320 e. The average Bonchev–Trinajstić information content (AvgIpc) is 2.29. The summed E-state index contributed by atoms with van der Waals surface area (Å²) in [5, 5.41) is 6.49. The largest absolute Gasteiger partial charge is 0.320 e. The molecule has 2 N–H and O–H groups in total. The first kappa shape index (κ1) is 12.0. The van der Waals surface area contributed by atoms with Crippen LogP contribution in [0.3, 0.4) is 0 Å². The normalized spacial score (nSPS) is 11.0. The summed E-state index contributed by atoms with van der Waals surface area (Å²) in [5.74, 6) is 0. The highest BCUT2D eigenvalue weighted by molar-refractivity contribution is 5.48. The zero-order valence-corrected chi connectivity index (χ0v) is 9.37. The lowest BCUT2D eigenvalue weighted by Gasteiger charge is -2.00. The van der Waals surface area contributed by atoms with Crippen LogP contribution in [0.4, 0.5) is 0 Å². The molecular formula is C13H20N2. The molecular weight excluding hydrogens is 184 g/mol. The van der Waals surface area contributed by atoms with Gasteiger partial charge >= 0.3 is 0 Å². The van der Waals surface area contributed by atoms with Crippen molar-refractivity contribution < 1.29 is 0 Å². The van der Waals surface area contributed by atoms with Gasteiger partial charge in [-0.3, -0.25) is 0 Å². The van der Waals surface area contributed by atoms with Gasteiger partial charge in [0.2, 0.25) is 0 Å². The SMILES string of the molecule is CNCCCNC/C=C/c1ccccc1. The molecule has 0 spiro atoms. The van der Waals surface area contributed by atoms with Gasteiger partial charge in [0.05, 0.1) is 0 Å². The molecule has 0 aliphatic carbocycles. The third kappa shape index (κ3) is 6.05. The van der Waals surface area contributed by atoms with Crippen molar-refractivity contribution >= 4 is 6.08 Å². The van der Waals surface area contributed by atoms with E-state index in [4.69, 9.17) is 0 Å². The zero-order chi connectivity index (χ0) is 10.8. The van der Waals surface area contributed by atoms with E-state index in [1.807, 2.05) is 13.1 Å². The van der Waals surface area contributed by atoms with Crippen LogP contribution in [0.1, 0.15) is 12.0 Å². The summed E-state index contributed by atoms with van der Waals surface area (Å²) in [4.78, 5) is 0. The number of benzene rings is 1. The van der Waals surface area contributed by atoms with Crippen LogP contribution in [0.25, 0.3) is 6.08 Å². The third-order valence-corrected chi connectivity index (χ3v) is 2.15. The first-order valence-electron chi connectivity index (χ1n) is 5.50. The van der Waals surface area contributed by atoms with E-state index in [0.29, 0.717) is 0 Å². The highest BCUT2D eigenvalue weighted by Crippen LogP contribution is 1.99. The highest BCUT2D eigenvalue weighted by Gasteiger charge is 1.84. The molecule has 0 saturated carbocycles. The van der Waals surface area contributed by atoms with Crippen molar-refractivity contribution in [2.45, 2.75) is 6.42 Å². The van der Waals surface area contributed by atoms with Crippen LogP contribution in [0.15, 0.2) is 36.4 Å². The molecule has 0 heterocycles. The first-order chi connectivity index (χ1) is 7.43. The minimum absolute atomic E-state index is 0.943. The molecule has 1 aromatic rings. The van der Waals surface area contributed by atoms with Gasteiger partial charge in [0.1, 0.15) is 0 Å². The van der Waals surface area contributed by atoms with Gasteiger partial charge in [0.25, 0.3) is 0 Å². The summed E-state index contributed by atoms with van der Waals surface area (Å²) in [7, 11) is 1.98. The van der Waals surface area contributed by atoms with Gasteiger partial charge in [-0.1, -0.05) is 42.5 Å². The second kappa shape index (κ2) is 8.21. The van der Waals surface area contributed by atoms with E-state index in [0.717, 1.165) is 19.6 Å². The summed E-state index contributed by atoms with van der Waals surface area (Å²) >= 11 is 0. The summed E-state index contributed by atoms with van der Waals surface area (Å²) in [6.45, 7) is 3.09. The van der Waals surface area contributed by atoms with Gasteiger partial charge in [0, 0.05) is 6.54 Å². The molecule has 0 amide bonds. The van der Waals surface area contributed by atoms with E-state index >= 15 is 0 Å². The molecule has 0 aromatic heterocycles. The Hall–Kier alpha value is -1.12. The van der Waals surface area contributed by atoms with Crippen LogP contribution < -0.4 is 10.6 Å². The van der Waals surface area contributed by atoms with Gasteiger partial charge in [-0.15, -0.1) is 0 Å². The molecule has 0 radical (unpaired) electrons. The highest BCUT2D eigenvalue weighted by atomic mass is 14.9. The van der Waals surface area contributed by atoms with E-state index in [2.05, 4.69) is 47.1 Å². The summed E-state index contributed by atoms with van der Waals surface area (Å²) in [6.07, 6.45) is 5.48. The Kier molecular flexibility index (Phi) is 6.54. The minimum atomic E-state index is 0.943. The number of nitrogens with one attached hydrogen (secondary N) is 2. The van der Waals surface area contributed by atoms with Crippen LogP contribution in [0, 0.1) is 0 Å². The molecule has 0 fully saturated rings. The van der Waals surface area contributed by atoms with Crippen molar-refractivity contribution in [1.82, 2.24) is 10.6 Å². The van der Waals surface area contributed by atoms with Crippen LogP contribution in [0.2, 0.25) is 0 Å². The van der Waals surface area contributed by atoms with E-state index < -0.39 is 0 Å². The molecule has 2 nitrogen and oxygen atoms in total. The van der Waals surface area contributed by atoms with Crippen molar-refractivity contribution in [3.63, 3.8) is 0 Å². The Labute approximate surface area is 92.4 Å². The van der Waals surface area contributed by atoms with Crippen molar-refractivity contribution in [1.29, 1.82) is 0 Å². The Morgan fingerprint density at radius 1 is 1.13 bits per heavy atom. The topological polar surface area (TPSA) is 24.1 Å². The molecule has 0 aliphatic rings. The Balaban J connectivity index is 2.07. The zero-order valence-electron chi connectivity index (χ0n) is 9.37. The number of hydrogen-bond acceptors (Lipinski definition) is 2. The van der Waals surface area contributed by atoms with Crippen LogP contribution in [-0.2, 0) is 0 Å². The van der Waals surface area contributed by atoms with Crippen molar-refractivity contribution in [2.75, 3.05) is 26.7 Å².